The number of H-pyrrole nitrogens is 1. The van der Waals surface area contributed by atoms with Crippen molar-refractivity contribution in [2.24, 2.45) is 5.92 Å². The normalized spacial score (nSPS) is 15.5. The molecule has 1 saturated heterocycles. The summed E-state index contributed by atoms with van der Waals surface area (Å²) < 4.78 is 29.5. The van der Waals surface area contributed by atoms with Crippen molar-refractivity contribution in [2.75, 3.05) is 13.1 Å². The highest BCUT2D eigenvalue weighted by Crippen LogP contribution is 2.26. The van der Waals surface area contributed by atoms with Crippen LogP contribution in [-0.4, -0.2) is 37.3 Å². The van der Waals surface area contributed by atoms with E-state index in [-0.39, 0.29) is 16.4 Å². The largest absolute Gasteiger partial charge is 0.341 e. The number of benzene rings is 3. The summed E-state index contributed by atoms with van der Waals surface area (Å²) in [5.41, 5.74) is 2.17. The molecule has 37 heavy (non-hydrogen) atoms. The number of hydrogen-bond donors (Lipinski definition) is 2. The number of carbonyl (C=O) groups is 1. The highest BCUT2D eigenvalue weighted by Gasteiger charge is 2.32. The van der Waals surface area contributed by atoms with E-state index >= 15 is 0 Å². The number of hydrogen-bond acceptors (Lipinski definition) is 4. The predicted molar refractivity (Wildman–Crippen MR) is 144 cm³/mol. The molecule has 1 aliphatic rings. The average Bonchev–Trinajstić information content (AvgIpc) is 2.92. The number of carbonyl (C=O) groups excluding carboxylic acids is 1. The lowest BCUT2D eigenvalue weighted by Crippen LogP contribution is -2.46. The van der Waals surface area contributed by atoms with Crippen molar-refractivity contribution in [3.63, 3.8) is 0 Å². The molecule has 0 bridgehead atoms. The number of fused-ring (bicyclic) bond motifs is 1. The van der Waals surface area contributed by atoms with Gasteiger partial charge in [0.05, 0.1) is 4.90 Å². The maximum Gasteiger partial charge on any atom is 0.248 e. The van der Waals surface area contributed by atoms with Crippen LogP contribution in [0, 0.1) is 5.92 Å². The van der Waals surface area contributed by atoms with Crippen molar-refractivity contribution < 1.29 is 13.2 Å². The molecule has 0 spiro atoms. The van der Waals surface area contributed by atoms with Gasteiger partial charge in [0.25, 0.3) is 0 Å². The summed E-state index contributed by atoms with van der Waals surface area (Å²) in [5, 5.41) is 0.588. The molecule has 190 valence electrons. The van der Waals surface area contributed by atoms with Gasteiger partial charge in [-0.3, -0.25) is 9.59 Å². The van der Waals surface area contributed by atoms with Crippen molar-refractivity contribution >= 4 is 26.8 Å². The van der Waals surface area contributed by atoms with Crippen molar-refractivity contribution in [2.45, 2.75) is 30.2 Å². The predicted octanol–water partition coefficient (Wildman–Crippen LogP) is 4.03. The molecule has 8 heteroatoms. The molecular weight excluding hydrogens is 486 g/mol. The van der Waals surface area contributed by atoms with Crippen LogP contribution in [0.25, 0.3) is 10.9 Å². The highest BCUT2D eigenvalue weighted by atomic mass is 32.2. The van der Waals surface area contributed by atoms with Gasteiger partial charge in [-0.2, -0.15) is 4.72 Å². The Hall–Kier alpha value is -3.75. The van der Waals surface area contributed by atoms with Crippen LogP contribution in [0.2, 0.25) is 0 Å². The second-order valence-corrected chi connectivity index (χ2v) is 11.2. The van der Waals surface area contributed by atoms with Crippen LogP contribution in [0.3, 0.4) is 0 Å². The fourth-order valence-corrected chi connectivity index (χ4v) is 6.13. The third kappa shape index (κ3) is 5.81. The Morgan fingerprint density at radius 1 is 0.919 bits per heavy atom. The Bertz CT molecular complexity index is 1540. The number of nitrogens with zero attached hydrogens (tertiary/aromatic N) is 1. The summed E-state index contributed by atoms with van der Waals surface area (Å²) in [6.45, 7) is 1.18. The second-order valence-electron chi connectivity index (χ2n) is 9.50. The minimum absolute atomic E-state index is 0.0300. The number of aromatic nitrogens is 1. The Morgan fingerprint density at radius 3 is 2.30 bits per heavy atom. The van der Waals surface area contributed by atoms with Crippen LogP contribution in [0.1, 0.15) is 30.0 Å². The van der Waals surface area contributed by atoms with E-state index in [1.807, 2.05) is 24.3 Å². The lowest BCUT2D eigenvalue weighted by atomic mass is 9.90. The molecule has 1 amide bonds. The first-order chi connectivity index (χ1) is 17.9. The van der Waals surface area contributed by atoms with Crippen LogP contribution in [0.4, 0.5) is 0 Å². The molecule has 1 atom stereocenters. The van der Waals surface area contributed by atoms with Crippen molar-refractivity contribution in [1.82, 2.24) is 14.6 Å². The third-order valence-corrected chi connectivity index (χ3v) is 8.37. The lowest BCUT2D eigenvalue weighted by molar-refractivity contribution is -0.134. The van der Waals surface area contributed by atoms with Gasteiger partial charge in [-0.05, 0) is 66.0 Å². The maximum absolute atomic E-state index is 13.7. The van der Waals surface area contributed by atoms with Crippen molar-refractivity contribution in [1.29, 1.82) is 0 Å². The van der Waals surface area contributed by atoms with Gasteiger partial charge in [0.15, 0.2) is 0 Å². The monoisotopic (exact) mass is 515 g/mol. The number of pyridine rings is 1. The van der Waals surface area contributed by atoms with Gasteiger partial charge in [0.1, 0.15) is 6.04 Å². The first-order valence-electron chi connectivity index (χ1n) is 12.4. The third-order valence-electron chi connectivity index (χ3n) is 6.95. The van der Waals surface area contributed by atoms with E-state index in [0.29, 0.717) is 35.5 Å². The quantitative estimate of drug-likeness (QED) is 0.388. The molecule has 0 aliphatic carbocycles. The van der Waals surface area contributed by atoms with Gasteiger partial charge in [-0.25, -0.2) is 8.42 Å². The van der Waals surface area contributed by atoms with Gasteiger partial charge in [0.2, 0.25) is 21.5 Å². The molecule has 0 radical (unpaired) electrons. The van der Waals surface area contributed by atoms with Crippen LogP contribution in [0.5, 0.6) is 0 Å². The molecule has 1 aromatic heterocycles. The molecular formula is C29H29N3O4S. The Balaban J connectivity index is 1.35. The number of rotatable bonds is 7. The minimum atomic E-state index is -4.03. The zero-order chi connectivity index (χ0) is 25.8. The van der Waals surface area contributed by atoms with E-state index in [1.54, 1.807) is 41.3 Å². The first kappa shape index (κ1) is 24.9. The summed E-state index contributed by atoms with van der Waals surface area (Å²) in [6, 6.07) is 25.7. The summed E-state index contributed by atoms with van der Waals surface area (Å²) in [6.07, 6.45) is 2.72. The highest BCUT2D eigenvalue weighted by molar-refractivity contribution is 7.89. The maximum atomic E-state index is 13.7. The van der Waals surface area contributed by atoms with Crippen LogP contribution in [0.15, 0.2) is 101 Å². The fraction of sp³-hybridized carbons (Fsp3) is 0.241. The summed E-state index contributed by atoms with van der Waals surface area (Å²) >= 11 is 0. The van der Waals surface area contributed by atoms with Crippen LogP contribution >= 0.6 is 0 Å². The molecule has 2 heterocycles. The molecule has 1 fully saturated rings. The molecule has 0 unspecified atom stereocenters. The molecule has 3 aromatic carbocycles. The number of likely N-dealkylation sites (tertiary alicyclic amines) is 1. The van der Waals surface area contributed by atoms with E-state index in [0.717, 1.165) is 19.3 Å². The Morgan fingerprint density at radius 2 is 1.59 bits per heavy atom. The average molecular weight is 516 g/mol. The Kier molecular flexibility index (Phi) is 7.21. The standard InChI is InChI=1S/C29H29N3O4S/c33-27-14-11-24-20-25(12-13-26(24)30-27)37(35,36)31-28(23-9-5-2-6-10-23)29(34)32-17-15-22(16-18-32)19-21-7-3-1-4-8-21/h1-14,20,22,28,31H,15-19H2,(H,30,33)/t28-/m1/s1. The van der Waals surface area contributed by atoms with E-state index in [1.165, 1.54) is 23.8 Å². The van der Waals surface area contributed by atoms with Crippen LogP contribution < -0.4 is 10.3 Å². The smallest absolute Gasteiger partial charge is 0.248 e. The van der Waals surface area contributed by atoms with Gasteiger partial charge < -0.3 is 9.88 Å². The van der Waals surface area contributed by atoms with Gasteiger partial charge in [0, 0.05) is 24.7 Å². The molecule has 7 nitrogen and oxygen atoms in total. The van der Waals surface area contributed by atoms with E-state index in [9.17, 15) is 18.0 Å². The van der Waals surface area contributed by atoms with Gasteiger partial charge >= 0.3 is 0 Å². The summed E-state index contributed by atoms with van der Waals surface area (Å²) in [7, 11) is -4.03. The summed E-state index contributed by atoms with van der Waals surface area (Å²) in [5.74, 6) is 0.236. The number of aromatic amines is 1. The molecule has 1 aliphatic heterocycles. The molecule has 2 N–H and O–H groups in total. The SMILES string of the molecule is O=C([C@H](NS(=O)(=O)c1ccc2[nH]c(=O)ccc2c1)c1ccccc1)N1CCC(Cc2ccccc2)CC1. The van der Waals surface area contributed by atoms with E-state index in [2.05, 4.69) is 21.8 Å². The number of piperidine rings is 1. The second kappa shape index (κ2) is 10.7. The molecule has 0 saturated carbocycles. The van der Waals surface area contributed by atoms with Crippen molar-refractivity contribution in [3.05, 3.63) is 112 Å². The van der Waals surface area contributed by atoms with Crippen LogP contribution in [-0.2, 0) is 21.2 Å². The number of sulfonamides is 1. The fourth-order valence-electron chi connectivity index (χ4n) is 4.92. The number of amides is 1. The van der Waals surface area contributed by atoms with E-state index in [4.69, 9.17) is 0 Å². The first-order valence-corrected chi connectivity index (χ1v) is 13.9. The van der Waals surface area contributed by atoms with E-state index < -0.39 is 16.1 Å². The minimum Gasteiger partial charge on any atom is -0.341 e. The zero-order valence-corrected chi connectivity index (χ0v) is 21.2. The number of nitrogens with one attached hydrogen (secondary N) is 2. The van der Waals surface area contributed by atoms with Crippen molar-refractivity contribution in [3.8, 4) is 0 Å². The topological polar surface area (TPSA) is 99.3 Å². The molecule has 5 rings (SSSR count). The molecule has 4 aromatic rings. The van der Waals surface area contributed by atoms with Gasteiger partial charge in [-0.1, -0.05) is 60.7 Å². The lowest BCUT2D eigenvalue weighted by Gasteiger charge is -2.34. The van der Waals surface area contributed by atoms with Gasteiger partial charge in [-0.15, -0.1) is 0 Å². The summed E-state index contributed by atoms with van der Waals surface area (Å²) in [4.78, 5) is 29.7. The Labute approximate surface area is 216 Å². The zero-order valence-electron chi connectivity index (χ0n) is 20.3.